The topological polar surface area (TPSA) is 102 Å². The van der Waals surface area contributed by atoms with E-state index in [2.05, 4.69) is 20.4 Å². The Morgan fingerprint density at radius 3 is 3.05 bits per heavy atom. The first kappa shape index (κ1) is 14.2. The Labute approximate surface area is 115 Å². The number of carboxylic acids is 1. The van der Waals surface area contributed by atoms with Gasteiger partial charge in [-0.15, -0.1) is 0 Å². The lowest BCUT2D eigenvalue weighted by Crippen LogP contribution is -2.30. The SMILES string of the molecule is COCCCC(Nc1ncnc2c1cnn2C)C(=O)O. The third kappa shape index (κ3) is 3.02. The van der Waals surface area contributed by atoms with Gasteiger partial charge in [0.1, 0.15) is 18.2 Å². The van der Waals surface area contributed by atoms with Gasteiger partial charge in [-0.1, -0.05) is 0 Å². The fourth-order valence-corrected chi connectivity index (χ4v) is 1.93. The van der Waals surface area contributed by atoms with Gasteiger partial charge in [-0.05, 0) is 12.8 Å². The summed E-state index contributed by atoms with van der Waals surface area (Å²) in [7, 11) is 3.36. The lowest BCUT2D eigenvalue weighted by molar-refractivity contribution is -0.138. The Kier molecular flexibility index (Phi) is 4.46. The number of anilines is 1. The van der Waals surface area contributed by atoms with E-state index in [4.69, 9.17) is 4.74 Å². The molecule has 1 atom stereocenters. The molecule has 0 aromatic carbocycles. The van der Waals surface area contributed by atoms with Crippen LogP contribution in [0.2, 0.25) is 0 Å². The molecule has 2 aromatic rings. The Morgan fingerprint density at radius 1 is 1.55 bits per heavy atom. The molecule has 0 aliphatic carbocycles. The van der Waals surface area contributed by atoms with E-state index in [0.29, 0.717) is 36.3 Å². The smallest absolute Gasteiger partial charge is 0.326 e. The largest absolute Gasteiger partial charge is 0.480 e. The van der Waals surface area contributed by atoms with Gasteiger partial charge in [0.25, 0.3) is 0 Å². The van der Waals surface area contributed by atoms with Crippen molar-refractivity contribution in [1.82, 2.24) is 19.7 Å². The van der Waals surface area contributed by atoms with Crippen molar-refractivity contribution in [2.75, 3.05) is 19.0 Å². The lowest BCUT2D eigenvalue weighted by Gasteiger charge is -2.15. The number of aromatic nitrogens is 4. The molecule has 20 heavy (non-hydrogen) atoms. The standard InChI is InChI=1S/C12H17N5O3/c1-17-11-8(6-15-17)10(13-7-14-11)16-9(12(18)19)4-3-5-20-2/h6-7,9H,3-5H2,1-2H3,(H,18,19)(H,13,14,16). The zero-order chi connectivity index (χ0) is 14.5. The van der Waals surface area contributed by atoms with Crippen LogP contribution in [-0.4, -0.2) is 50.6 Å². The summed E-state index contributed by atoms with van der Waals surface area (Å²) in [5, 5.41) is 17.0. The Bertz CT molecular complexity index is 598. The zero-order valence-electron chi connectivity index (χ0n) is 11.4. The van der Waals surface area contributed by atoms with Gasteiger partial charge in [0.05, 0.1) is 11.6 Å². The molecule has 2 aromatic heterocycles. The van der Waals surface area contributed by atoms with E-state index in [-0.39, 0.29) is 0 Å². The molecular formula is C12H17N5O3. The molecule has 2 N–H and O–H groups in total. The number of nitrogens with zero attached hydrogens (tertiary/aromatic N) is 4. The number of ether oxygens (including phenoxy) is 1. The third-order valence-electron chi connectivity index (χ3n) is 2.98. The molecule has 0 aliphatic heterocycles. The molecule has 8 heteroatoms. The summed E-state index contributed by atoms with van der Waals surface area (Å²) >= 11 is 0. The summed E-state index contributed by atoms with van der Waals surface area (Å²) in [6.45, 7) is 0.525. The molecule has 0 radical (unpaired) electrons. The van der Waals surface area contributed by atoms with Crippen molar-refractivity contribution in [3.63, 3.8) is 0 Å². The Hall–Kier alpha value is -2.22. The highest BCUT2D eigenvalue weighted by atomic mass is 16.5. The number of hydrogen-bond acceptors (Lipinski definition) is 6. The van der Waals surface area contributed by atoms with Gasteiger partial charge in [0.15, 0.2) is 5.65 Å². The number of methoxy groups -OCH3 is 1. The van der Waals surface area contributed by atoms with E-state index < -0.39 is 12.0 Å². The van der Waals surface area contributed by atoms with Crippen LogP contribution in [0.5, 0.6) is 0 Å². The highest BCUT2D eigenvalue weighted by Crippen LogP contribution is 2.19. The predicted octanol–water partition coefficient (Wildman–Crippen LogP) is 0.655. The molecule has 0 saturated heterocycles. The minimum atomic E-state index is -0.920. The van der Waals surface area contributed by atoms with Crippen molar-refractivity contribution in [2.45, 2.75) is 18.9 Å². The summed E-state index contributed by atoms with van der Waals surface area (Å²) in [6, 6.07) is -0.719. The Balaban J connectivity index is 2.18. The first-order valence-corrected chi connectivity index (χ1v) is 6.24. The fraction of sp³-hybridized carbons (Fsp3) is 0.500. The fourth-order valence-electron chi connectivity index (χ4n) is 1.93. The maximum atomic E-state index is 11.3. The highest BCUT2D eigenvalue weighted by Gasteiger charge is 2.19. The second-order valence-corrected chi connectivity index (χ2v) is 4.40. The maximum absolute atomic E-state index is 11.3. The van der Waals surface area contributed by atoms with Crippen LogP contribution in [0.4, 0.5) is 5.82 Å². The van der Waals surface area contributed by atoms with Crippen LogP contribution in [0.15, 0.2) is 12.5 Å². The van der Waals surface area contributed by atoms with Crippen molar-refractivity contribution in [3.8, 4) is 0 Å². The maximum Gasteiger partial charge on any atom is 0.326 e. The van der Waals surface area contributed by atoms with Gasteiger partial charge in [-0.2, -0.15) is 5.10 Å². The molecule has 2 heterocycles. The second-order valence-electron chi connectivity index (χ2n) is 4.40. The van der Waals surface area contributed by atoms with E-state index in [1.54, 1.807) is 25.0 Å². The number of fused-ring (bicyclic) bond motifs is 1. The van der Waals surface area contributed by atoms with Gasteiger partial charge in [-0.3, -0.25) is 4.68 Å². The summed E-state index contributed by atoms with van der Waals surface area (Å²) in [6.07, 6.45) is 4.11. The summed E-state index contributed by atoms with van der Waals surface area (Å²) in [5.41, 5.74) is 0.656. The van der Waals surface area contributed by atoms with Crippen LogP contribution >= 0.6 is 0 Å². The molecule has 108 valence electrons. The van der Waals surface area contributed by atoms with Gasteiger partial charge in [0, 0.05) is 20.8 Å². The summed E-state index contributed by atoms with van der Waals surface area (Å²) in [4.78, 5) is 19.5. The van der Waals surface area contributed by atoms with Gasteiger partial charge in [0.2, 0.25) is 0 Å². The Morgan fingerprint density at radius 2 is 2.35 bits per heavy atom. The average Bonchev–Trinajstić information content (AvgIpc) is 2.80. The molecule has 8 nitrogen and oxygen atoms in total. The number of carbonyl (C=O) groups is 1. The van der Waals surface area contributed by atoms with Crippen LogP contribution in [0, 0.1) is 0 Å². The van der Waals surface area contributed by atoms with Crippen LogP contribution < -0.4 is 5.32 Å². The van der Waals surface area contributed by atoms with Crippen LogP contribution in [0.3, 0.4) is 0 Å². The zero-order valence-corrected chi connectivity index (χ0v) is 11.4. The molecule has 0 amide bonds. The average molecular weight is 279 g/mol. The van der Waals surface area contributed by atoms with Crippen LogP contribution in [0.25, 0.3) is 11.0 Å². The second kappa shape index (κ2) is 6.29. The summed E-state index contributed by atoms with van der Waals surface area (Å²) in [5.74, 6) is -0.440. The van der Waals surface area contributed by atoms with Gasteiger partial charge in [-0.25, -0.2) is 14.8 Å². The number of carboxylic acid groups (broad SMARTS) is 1. The molecule has 0 bridgehead atoms. The van der Waals surface area contributed by atoms with E-state index in [1.807, 2.05) is 0 Å². The van der Waals surface area contributed by atoms with Crippen molar-refractivity contribution >= 4 is 22.8 Å². The number of nitrogens with one attached hydrogen (secondary N) is 1. The van der Waals surface area contributed by atoms with Crippen LogP contribution in [-0.2, 0) is 16.6 Å². The van der Waals surface area contributed by atoms with Crippen molar-refractivity contribution in [1.29, 1.82) is 0 Å². The minimum absolute atomic E-state index is 0.453. The number of hydrogen-bond donors (Lipinski definition) is 2. The first-order valence-electron chi connectivity index (χ1n) is 6.24. The molecule has 0 saturated carbocycles. The van der Waals surface area contributed by atoms with E-state index in [0.717, 1.165) is 0 Å². The molecule has 0 spiro atoms. The molecule has 1 unspecified atom stereocenters. The number of aliphatic carboxylic acids is 1. The van der Waals surface area contributed by atoms with E-state index in [1.165, 1.54) is 6.33 Å². The lowest BCUT2D eigenvalue weighted by atomic mass is 10.1. The van der Waals surface area contributed by atoms with E-state index in [9.17, 15) is 9.90 Å². The van der Waals surface area contributed by atoms with Gasteiger partial charge >= 0.3 is 5.97 Å². The molecule has 0 aliphatic rings. The highest BCUT2D eigenvalue weighted by molar-refractivity contribution is 5.88. The van der Waals surface area contributed by atoms with E-state index >= 15 is 0 Å². The monoisotopic (exact) mass is 279 g/mol. The molecule has 0 fully saturated rings. The third-order valence-corrected chi connectivity index (χ3v) is 2.98. The minimum Gasteiger partial charge on any atom is -0.480 e. The first-order chi connectivity index (χ1) is 9.63. The number of rotatable bonds is 7. The summed E-state index contributed by atoms with van der Waals surface area (Å²) < 4.78 is 6.55. The number of aryl methyl sites for hydroxylation is 1. The quantitative estimate of drug-likeness (QED) is 0.717. The molecular weight excluding hydrogens is 262 g/mol. The van der Waals surface area contributed by atoms with Crippen molar-refractivity contribution in [3.05, 3.63) is 12.5 Å². The predicted molar refractivity (Wildman–Crippen MR) is 72.5 cm³/mol. The van der Waals surface area contributed by atoms with Crippen molar-refractivity contribution < 1.29 is 14.6 Å². The normalized spacial score (nSPS) is 12.5. The molecule has 2 rings (SSSR count). The van der Waals surface area contributed by atoms with Gasteiger partial charge < -0.3 is 15.2 Å². The van der Waals surface area contributed by atoms with Crippen LogP contribution in [0.1, 0.15) is 12.8 Å². The van der Waals surface area contributed by atoms with Crippen molar-refractivity contribution in [2.24, 2.45) is 7.05 Å².